The summed E-state index contributed by atoms with van der Waals surface area (Å²) in [6, 6.07) is 4.35. The molecule has 0 saturated carbocycles. The zero-order valence-electron chi connectivity index (χ0n) is 9.21. The normalized spacial score (nSPS) is 14.9. The molecule has 0 aliphatic rings. The van der Waals surface area contributed by atoms with Crippen LogP contribution in [0.4, 0.5) is 0 Å². The Hall–Kier alpha value is -0.360. The lowest BCUT2D eigenvalue weighted by Gasteiger charge is -2.17. The van der Waals surface area contributed by atoms with Gasteiger partial charge in [0.15, 0.2) is 4.34 Å². The summed E-state index contributed by atoms with van der Waals surface area (Å²) in [5.41, 5.74) is 7.13. The summed E-state index contributed by atoms with van der Waals surface area (Å²) in [5, 5.41) is 4.48. The molecule has 2 heterocycles. The topological polar surface area (TPSA) is 38.9 Å². The van der Waals surface area contributed by atoms with E-state index in [1.54, 1.807) is 34.4 Å². The Kier molecular flexibility index (Phi) is 4.02. The molecule has 0 aromatic carbocycles. The van der Waals surface area contributed by atoms with Crippen molar-refractivity contribution in [1.82, 2.24) is 4.98 Å². The van der Waals surface area contributed by atoms with Gasteiger partial charge < -0.3 is 5.73 Å². The maximum atomic E-state index is 6.05. The van der Waals surface area contributed by atoms with Crippen molar-refractivity contribution >= 4 is 34.4 Å². The molecule has 86 valence electrons. The fourth-order valence-corrected chi connectivity index (χ4v) is 4.53. The van der Waals surface area contributed by atoms with Crippen LogP contribution in [-0.4, -0.2) is 11.0 Å². The van der Waals surface area contributed by atoms with Gasteiger partial charge in [0, 0.05) is 22.0 Å². The first-order valence-corrected chi connectivity index (χ1v) is 7.68. The van der Waals surface area contributed by atoms with E-state index in [9.17, 15) is 0 Å². The van der Waals surface area contributed by atoms with Crippen molar-refractivity contribution in [3.05, 3.63) is 33.5 Å². The molecule has 0 aliphatic carbocycles. The molecular formula is C11H14N2S3. The minimum atomic E-state index is 0.132. The van der Waals surface area contributed by atoms with Gasteiger partial charge in [0.25, 0.3) is 0 Å². The summed E-state index contributed by atoms with van der Waals surface area (Å²) in [7, 11) is 0. The number of hydrogen-bond acceptors (Lipinski definition) is 5. The zero-order chi connectivity index (χ0) is 11.5. The molecule has 0 saturated heterocycles. The SMILES string of the molecule is Cc1csc(SC(c2cccs2)C(C)N)n1. The van der Waals surface area contributed by atoms with Gasteiger partial charge in [-0.15, -0.1) is 22.7 Å². The van der Waals surface area contributed by atoms with Gasteiger partial charge in [0.05, 0.1) is 5.25 Å². The molecule has 0 radical (unpaired) electrons. The van der Waals surface area contributed by atoms with E-state index in [2.05, 4.69) is 34.8 Å². The van der Waals surface area contributed by atoms with Crippen LogP contribution in [0.1, 0.15) is 22.7 Å². The van der Waals surface area contributed by atoms with Gasteiger partial charge >= 0.3 is 0 Å². The molecule has 0 spiro atoms. The first-order valence-electron chi connectivity index (χ1n) is 5.04. The fraction of sp³-hybridized carbons (Fsp3) is 0.364. The van der Waals surface area contributed by atoms with Gasteiger partial charge in [0.2, 0.25) is 0 Å². The molecular weight excluding hydrogens is 256 g/mol. The predicted molar refractivity (Wildman–Crippen MR) is 73.4 cm³/mol. The molecule has 0 aliphatic heterocycles. The fourth-order valence-electron chi connectivity index (χ4n) is 1.37. The molecule has 2 atom stereocenters. The second-order valence-electron chi connectivity index (χ2n) is 3.67. The average Bonchev–Trinajstić information content (AvgIpc) is 2.84. The van der Waals surface area contributed by atoms with E-state index in [0.717, 1.165) is 10.0 Å². The highest BCUT2D eigenvalue weighted by Crippen LogP contribution is 2.40. The Morgan fingerprint density at radius 2 is 2.25 bits per heavy atom. The van der Waals surface area contributed by atoms with E-state index >= 15 is 0 Å². The van der Waals surface area contributed by atoms with Crippen LogP contribution >= 0.6 is 34.4 Å². The van der Waals surface area contributed by atoms with Crippen molar-refractivity contribution in [2.45, 2.75) is 29.5 Å². The number of rotatable bonds is 4. The molecule has 2 N–H and O–H groups in total. The first kappa shape index (κ1) is 12.1. The Balaban J connectivity index is 2.15. The highest BCUT2D eigenvalue weighted by Gasteiger charge is 2.20. The molecule has 2 nitrogen and oxygen atoms in total. The van der Waals surface area contributed by atoms with E-state index in [1.807, 2.05) is 6.92 Å². The molecule has 0 bridgehead atoms. The van der Waals surface area contributed by atoms with Crippen molar-refractivity contribution in [2.24, 2.45) is 5.73 Å². The molecule has 0 amide bonds. The highest BCUT2D eigenvalue weighted by atomic mass is 32.2. The lowest BCUT2D eigenvalue weighted by molar-refractivity contribution is 0.729. The standard InChI is InChI=1S/C11H14N2S3/c1-7-6-15-11(13-7)16-10(8(2)12)9-4-3-5-14-9/h3-6,8,10H,12H2,1-2H3. The van der Waals surface area contributed by atoms with Crippen LogP contribution in [0, 0.1) is 6.92 Å². The van der Waals surface area contributed by atoms with Crippen LogP contribution in [0.15, 0.2) is 27.2 Å². The van der Waals surface area contributed by atoms with Crippen LogP contribution in [0.5, 0.6) is 0 Å². The smallest absolute Gasteiger partial charge is 0.150 e. The molecule has 2 rings (SSSR count). The molecule has 5 heteroatoms. The Morgan fingerprint density at radius 1 is 1.44 bits per heavy atom. The van der Waals surface area contributed by atoms with Gasteiger partial charge in [-0.25, -0.2) is 4.98 Å². The third-order valence-corrected chi connectivity index (χ3v) is 5.79. The van der Waals surface area contributed by atoms with E-state index < -0.39 is 0 Å². The van der Waals surface area contributed by atoms with Crippen molar-refractivity contribution in [2.75, 3.05) is 0 Å². The van der Waals surface area contributed by atoms with Gasteiger partial charge in [-0.2, -0.15) is 0 Å². The van der Waals surface area contributed by atoms with E-state index in [0.29, 0.717) is 5.25 Å². The monoisotopic (exact) mass is 270 g/mol. The maximum Gasteiger partial charge on any atom is 0.150 e. The minimum absolute atomic E-state index is 0.132. The van der Waals surface area contributed by atoms with E-state index in [1.165, 1.54) is 4.88 Å². The summed E-state index contributed by atoms with van der Waals surface area (Å²) in [4.78, 5) is 5.80. The quantitative estimate of drug-likeness (QED) is 0.861. The minimum Gasteiger partial charge on any atom is -0.327 e. The van der Waals surface area contributed by atoms with Crippen molar-refractivity contribution in [3.63, 3.8) is 0 Å². The number of thioether (sulfide) groups is 1. The zero-order valence-corrected chi connectivity index (χ0v) is 11.7. The number of thiophene rings is 1. The third kappa shape index (κ3) is 2.85. The Morgan fingerprint density at radius 3 is 2.75 bits per heavy atom. The molecule has 16 heavy (non-hydrogen) atoms. The van der Waals surface area contributed by atoms with Crippen molar-refractivity contribution < 1.29 is 0 Å². The number of thiazole rings is 1. The van der Waals surface area contributed by atoms with Crippen LogP contribution in [0.2, 0.25) is 0 Å². The lowest BCUT2D eigenvalue weighted by atomic mass is 10.2. The molecule has 2 aromatic rings. The number of nitrogens with two attached hydrogens (primary N) is 1. The average molecular weight is 270 g/mol. The summed E-state index contributed by atoms with van der Waals surface area (Å²) < 4.78 is 1.10. The van der Waals surface area contributed by atoms with Crippen molar-refractivity contribution in [3.8, 4) is 0 Å². The van der Waals surface area contributed by atoms with Crippen LogP contribution in [0.25, 0.3) is 0 Å². The van der Waals surface area contributed by atoms with Crippen LogP contribution < -0.4 is 5.73 Å². The van der Waals surface area contributed by atoms with E-state index in [-0.39, 0.29) is 6.04 Å². The number of nitrogens with zero attached hydrogens (tertiary/aromatic N) is 1. The Bertz CT molecular complexity index is 434. The first-order chi connectivity index (χ1) is 7.66. The van der Waals surface area contributed by atoms with Crippen LogP contribution in [-0.2, 0) is 0 Å². The van der Waals surface area contributed by atoms with Gasteiger partial charge in [-0.05, 0) is 25.3 Å². The third-order valence-electron chi connectivity index (χ3n) is 2.13. The summed E-state index contributed by atoms with van der Waals surface area (Å²) in [5.74, 6) is 0. The van der Waals surface area contributed by atoms with Gasteiger partial charge in [0.1, 0.15) is 0 Å². The molecule has 0 fully saturated rings. The summed E-state index contributed by atoms with van der Waals surface area (Å²) in [6.45, 7) is 4.07. The summed E-state index contributed by atoms with van der Waals surface area (Å²) >= 11 is 5.22. The number of hydrogen-bond donors (Lipinski definition) is 1. The maximum absolute atomic E-state index is 6.05. The molecule has 2 aromatic heterocycles. The number of aromatic nitrogens is 1. The van der Waals surface area contributed by atoms with Crippen LogP contribution in [0.3, 0.4) is 0 Å². The second kappa shape index (κ2) is 5.31. The lowest BCUT2D eigenvalue weighted by Crippen LogP contribution is -2.21. The Labute approximate surface area is 108 Å². The highest BCUT2D eigenvalue weighted by molar-refractivity contribution is 8.01. The van der Waals surface area contributed by atoms with Gasteiger partial charge in [-0.1, -0.05) is 17.8 Å². The summed E-state index contributed by atoms with van der Waals surface area (Å²) in [6.07, 6.45) is 0. The number of aryl methyl sites for hydroxylation is 1. The van der Waals surface area contributed by atoms with Crippen molar-refractivity contribution in [1.29, 1.82) is 0 Å². The predicted octanol–water partition coefficient (Wildman–Crippen LogP) is 3.69. The molecule has 2 unspecified atom stereocenters. The van der Waals surface area contributed by atoms with Gasteiger partial charge in [-0.3, -0.25) is 0 Å². The van der Waals surface area contributed by atoms with E-state index in [4.69, 9.17) is 5.73 Å². The largest absolute Gasteiger partial charge is 0.327 e. The second-order valence-corrected chi connectivity index (χ2v) is 6.89.